The number of anilines is 2. The van der Waals surface area contributed by atoms with Crippen LogP contribution in [-0.2, 0) is 16.4 Å². The van der Waals surface area contributed by atoms with Crippen molar-refractivity contribution < 1.29 is 8.42 Å². The molecular formula is C20H23N7O2S. The first-order valence-corrected chi connectivity index (χ1v) is 11.7. The molecule has 2 aromatic heterocycles. The van der Waals surface area contributed by atoms with Crippen molar-refractivity contribution >= 4 is 32.5 Å². The van der Waals surface area contributed by atoms with E-state index < -0.39 is 9.84 Å². The third-order valence-corrected chi connectivity index (χ3v) is 6.44. The van der Waals surface area contributed by atoms with E-state index in [9.17, 15) is 13.7 Å². The molecule has 10 heteroatoms. The van der Waals surface area contributed by atoms with Crippen molar-refractivity contribution in [1.82, 2.24) is 19.5 Å². The number of nitrogens with zero attached hydrogens (tertiary/aromatic N) is 5. The van der Waals surface area contributed by atoms with Gasteiger partial charge in [-0.15, -0.1) is 0 Å². The molecule has 0 unspecified atom stereocenters. The van der Waals surface area contributed by atoms with Crippen molar-refractivity contribution in [3.05, 3.63) is 35.9 Å². The molecule has 1 atom stereocenters. The van der Waals surface area contributed by atoms with Crippen LogP contribution >= 0.6 is 0 Å². The van der Waals surface area contributed by atoms with Crippen molar-refractivity contribution in [3.8, 4) is 6.07 Å². The van der Waals surface area contributed by atoms with Crippen LogP contribution in [-0.4, -0.2) is 34.2 Å². The lowest BCUT2D eigenvalue weighted by atomic mass is 10.2. The summed E-state index contributed by atoms with van der Waals surface area (Å²) in [7, 11) is -3.42. The minimum absolute atomic E-state index is 0.107. The van der Waals surface area contributed by atoms with Crippen LogP contribution in [0.4, 0.5) is 11.6 Å². The van der Waals surface area contributed by atoms with Gasteiger partial charge in [0.25, 0.3) is 0 Å². The Bertz CT molecular complexity index is 1260. The third kappa shape index (κ3) is 3.68. The molecule has 2 heterocycles. The molecule has 3 aromatic rings. The predicted molar refractivity (Wildman–Crippen MR) is 113 cm³/mol. The normalized spacial score (nSPS) is 15.1. The summed E-state index contributed by atoms with van der Waals surface area (Å²) in [6, 6.07) is 6.91. The number of aromatic nitrogens is 4. The van der Waals surface area contributed by atoms with Gasteiger partial charge in [-0.2, -0.15) is 5.26 Å². The molecule has 1 fully saturated rings. The zero-order valence-corrected chi connectivity index (χ0v) is 17.6. The number of hydrogen-bond donors (Lipinski definition) is 2. The highest BCUT2D eigenvalue weighted by Crippen LogP contribution is 2.36. The van der Waals surface area contributed by atoms with E-state index >= 15 is 0 Å². The SMILES string of the molecule is CC[C@H](Nc1ncnc(N)c1C#N)c1nc2cccc(S(C)(=O)=O)c2n1CC1CC1. The van der Waals surface area contributed by atoms with Gasteiger partial charge < -0.3 is 15.6 Å². The molecule has 4 rings (SSSR count). The molecule has 0 bridgehead atoms. The maximum atomic E-state index is 12.4. The summed E-state index contributed by atoms with van der Waals surface area (Å²) in [5.74, 6) is 1.67. The number of rotatable bonds is 7. The second-order valence-electron chi connectivity index (χ2n) is 7.62. The molecular weight excluding hydrogens is 402 g/mol. The molecule has 1 saturated carbocycles. The molecule has 0 spiro atoms. The quantitative estimate of drug-likeness (QED) is 0.589. The summed E-state index contributed by atoms with van der Waals surface area (Å²) < 4.78 is 26.9. The number of imidazole rings is 1. The number of sulfone groups is 1. The highest BCUT2D eigenvalue weighted by molar-refractivity contribution is 7.91. The van der Waals surface area contributed by atoms with Crippen LogP contribution in [0.3, 0.4) is 0 Å². The Labute approximate surface area is 174 Å². The van der Waals surface area contributed by atoms with Crippen molar-refractivity contribution in [2.45, 2.75) is 43.7 Å². The van der Waals surface area contributed by atoms with E-state index in [1.807, 2.05) is 23.6 Å². The Morgan fingerprint density at radius 1 is 1.37 bits per heavy atom. The molecule has 30 heavy (non-hydrogen) atoms. The molecule has 3 N–H and O–H groups in total. The minimum Gasteiger partial charge on any atom is -0.382 e. The maximum absolute atomic E-state index is 12.4. The summed E-state index contributed by atoms with van der Waals surface area (Å²) in [6.45, 7) is 2.69. The van der Waals surface area contributed by atoms with Gasteiger partial charge in [-0.25, -0.2) is 23.4 Å². The average Bonchev–Trinajstić information content (AvgIpc) is 3.45. The Hall–Kier alpha value is -3.19. The van der Waals surface area contributed by atoms with Crippen molar-refractivity contribution in [1.29, 1.82) is 5.26 Å². The number of nitrogen functional groups attached to an aromatic ring is 1. The molecule has 0 saturated heterocycles. The predicted octanol–water partition coefficient (Wildman–Crippen LogP) is 2.66. The van der Waals surface area contributed by atoms with Gasteiger partial charge in [0.05, 0.1) is 22.0 Å². The lowest BCUT2D eigenvalue weighted by Gasteiger charge is -2.20. The van der Waals surface area contributed by atoms with Crippen molar-refractivity contribution in [3.63, 3.8) is 0 Å². The van der Waals surface area contributed by atoms with Crippen LogP contribution in [0.1, 0.15) is 43.6 Å². The molecule has 0 amide bonds. The number of fused-ring (bicyclic) bond motifs is 1. The highest BCUT2D eigenvalue weighted by Gasteiger charge is 2.29. The van der Waals surface area contributed by atoms with E-state index in [0.717, 1.165) is 18.7 Å². The Kier molecular flexibility index (Phi) is 5.07. The second-order valence-corrected chi connectivity index (χ2v) is 9.60. The largest absolute Gasteiger partial charge is 0.382 e. The van der Waals surface area contributed by atoms with E-state index in [4.69, 9.17) is 10.7 Å². The lowest BCUT2D eigenvalue weighted by molar-refractivity contribution is 0.567. The van der Waals surface area contributed by atoms with Crippen LogP contribution in [0.5, 0.6) is 0 Å². The fourth-order valence-corrected chi connectivity index (χ4v) is 4.50. The van der Waals surface area contributed by atoms with E-state index in [-0.39, 0.29) is 22.3 Å². The first kappa shape index (κ1) is 20.1. The molecule has 1 aromatic carbocycles. The fourth-order valence-electron chi connectivity index (χ4n) is 3.61. The number of nitrogens with one attached hydrogen (secondary N) is 1. The maximum Gasteiger partial charge on any atom is 0.177 e. The topological polar surface area (TPSA) is 140 Å². The summed E-state index contributed by atoms with van der Waals surface area (Å²) in [4.78, 5) is 13.1. The Morgan fingerprint density at radius 2 is 2.13 bits per heavy atom. The van der Waals surface area contributed by atoms with Crippen molar-refractivity contribution in [2.24, 2.45) is 5.92 Å². The monoisotopic (exact) mass is 425 g/mol. The van der Waals surface area contributed by atoms with Gasteiger partial charge in [0.2, 0.25) is 0 Å². The van der Waals surface area contributed by atoms with Crippen LogP contribution < -0.4 is 11.1 Å². The molecule has 156 valence electrons. The smallest absolute Gasteiger partial charge is 0.177 e. The summed E-state index contributed by atoms with van der Waals surface area (Å²) in [5, 5.41) is 12.7. The van der Waals surface area contributed by atoms with Crippen LogP contribution in [0.25, 0.3) is 11.0 Å². The molecule has 0 aliphatic heterocycles. The molecule has 1 aliphatic carbocycles. The molecule has 9 nitrogen and oxygen atoms in total. The van der Waals surface area contributed by atoms with Crippen LogP contribution in [0.2, 0.25) is 0 Å². The first-order valence-electron chi connectivity index (χ1n) is 9.79. The Balaban J connectivity index is 1.86. The van der Waals surface area contributed by atoms with Crippen LogP contribution in [0, 0.1) is 17.2 Å². The first-order chi connectivity index (χ1) is 14.3. The van der Waals surface area contributed by atoms with E-state index in [0.29, 0.717) is 35.7 Å². The third-order valence-electron chi connectivity index (χ3n) is 5.32. The van der Waals surface area contributed by atoms with Gasteiger partial charge in [-0.1, -0.05) is 13.0 Å². The van der Waals surface area contributed by atoms with Gasteiger partial charge in [-0.05, 0) is 37.3 Å². The molecule has 0 radical (unpaired) electrons. The Morgan fingerprint density at radius 3 is 2.77 bits per heavy atom. The number of para-hydroxylation sites is 1. The summed E-state index contributed by atoms with van der Waals surface area (Å²) in [5.41, 5.74) is 7.26. The van der Waals surface area contributed by atoms with Gasteiger partial charge >= 0.3 is 0 Å². The minimum atomic E-state index is -3.42. The van der Waals surface area contributed by atoms with Gasteiger partial charge in [0.1, 0.15) is 35.4 Å². The van der Waals surface area contributed by atoms with Gasteiger partial charge in [-0.3, -0.25) is 0 Å². The van der Waals surface area contributed by atoms with E-state index in [1.165, 1.54) is 12.6 Å². The molecule has 1 aliphatic rings. The average molecular weight is 426 g/mol. The summed E-state index contributed by atoms with van der Waals surface area (Å²) >= 11 is 0. The standard InChI is InChI=1S/C20H23N7O2S/c1-3-14(25-19-13(9-21)18(22)23-11-24-19)20-26-15-5-4-6-16(30(2,28)29)17(15)27(20)10-12-7-8-12/h4-6,11-12,14H,3,7-8,10H2,1-2H3,(H3,22,23,24,25)/t14-/m0/s1. The fraction of sp³-hybridized carbons (Fsp3) is 0.400. The van der Waals surface area contributed by atoms with Gasteiger partial charge in [0, 0.05) is 12.8 Å². The summed E-state index contributed by atoms with van der Waals surface area (Å²) in [6.07, 6.45) is 5.41. The number of benzene rings is 1. The highest BCUT2D eigenvalue weighted by atomic mass is 32.2. The number of nitriles is 1. The van der Waals surface area contributed by atoms with E-state index in [1.54, 1.807) is 12.1 Å². The van der Waals surface area contributed by atoms with Crippen molar-refractivity contribution in [2.75, 3.05) is 17.3 Å². The second kappa shape index (κ2) is 7.57. The zero-order valence-electron chi connectivity index (χ0n) is 16.8. The zero-order chi connectivity index (χ0) is 21.5. The number of hydrogen-bond acceptors (Lipinski definition) is 8. The number of nitrogens with two attached hydrogens (primary N) is 1. The van der Waals surface area contributed by atoms with Crippen LogP contribution in [0.15, 0.2) is 29.4 Å². The van der Waals surface area contributed by atoms with E-state index in [2.05, 4.69) is 15.3 Å². The van der Waals surface area contributed by atoms with Gasteiger partial charge in [0.15, 0.2) is 9.84 Å². The lowest BCUT2D eigenvalue weighted by Crippen LogP contribution is -2.19.